The van der Waals surface area contributed by atoms with Crippen LogP contribution in [0.3, 0.4) is 0 Å². The predicted molar refractivity (Wildman–Crippen MR) is 88.6 cm³/mol. The normalized spacial score (nSPS) is 15.8. The molecule has 1 nitrogen and oxygen atoms in total. The van der Waals surface area contributed by atoms with E-state index in [4.69, 9.17) is 0 Å². The van der Waals surface area contributed by atoms with Gasteiger partial charge in [0.05, 0.1) is 11.8 Å². The SMILES string of the molecule is C1=C[CH]([Ti][CH]2C=CC=C2)C=C1.Fc1[c]c(F)c(-n2cccc2)cc1. The van der Waals surface area contributed by atoms with Crippen molar-refractivity contribution < 1.29 is 27.9 Å². The van der Waals surface area contributed by atoms with Gasteiger partial charge in [-0.05, 0) is 24.3 Å². The van der Waals surface area contributed by atoms with Crippen LogP contribution in [0.5, 0.6) is 0 Å². The summed E-state index contributed by atoms with van der Waals surface area (Å²) in [4.78, 5) is 0. The van der Waals surface area contributed by atoms with Gasteiger partial charge < -0.3 is 4.57 Å². The third-order valence-corrected chi connectivity index (χ3v) is 6.01. The Labute approximate surface area is 149 Å². The molecule has 0 aliphatic heterocycles. The quantitative estimate of drug-likeness (QED) is 0.644. The van der Waals surface area contributed by atoms with E-state index in [9.17, 15) is 8.78 Å². The van der Waals surface area contributed by atoms with Crippen LogP contribution in [0.25, 0.3) is 5.69 Å². The third kappa shape index (κ3) is 4.53. The van der Waals surface area contributed by atoms with E-state index in [1.165, 1.54) is 12.1 Å². The van der Waals surface area contributed by atoms with Crippen molar-refractivity contribution >= 4 is 0 Å². The van der Waals surface area contributed by atoms with Crippen molar-refractivity contribution in [1.82, 2.24) is 4.57 Å². The van der Waals surface area contributed by atoms with Gasteiger partial charge in [-0.25, -0.2) is 8.78 Å². The molecule has 1 aromatic heterocycles. The Morgan fingerprint density at radius 1 is 0.833 bits per heavy atom. The van der Waals surface area contributed by atoms with E-state index in [0.717, 1.165) is 8.45 Å². The van der Waals surface area contributed by atoms with Crippen LogP contribution in [-0.4, -0.2) is 4.57 Å². The molecule has 119 valence electrons. The van der Waals surface area contributed by atoms with Crippen molar-refractivity contribution in [2.75, 3.05) is 0 Å². The second-order valence-corrected chi connectivity index (χ2v) is 7.96. The van der Waals surface area contributed by atoms with Crippen molar-refractivity contribution in [3.8, 4) is 5.69 Å². The van der Waals surface area contributed by atoms with Crippen molar-refractivity contribution in [3.63, 3.8) is 0 Å². The number of hydrogen-bond donors (Lipinski definition) is 0. The average Bonchev–Trinajstić information content (AvgIpc) is 3.32. The number of benzene rings is 1. The molecule has 2 aliphatic carbocycles. The molecule has 0 spiro atoms. The summed E-state index contributed by atoms with van der Waals surface area (Å²) in [6.45, 7) is 0. The van der Waals surface area contributed by atoms with E-state index < -0.39 is 11.6 Å². The standard InChI is InChI=1S/C10H6F2N.2C5H5.Ti/c11-8-3-4-10(9(12)7-8)13-5-1-2-6-13;2*1-2-4-5-3-1;/h1-6H;2*1-5H;. The first kappa shape index (κ1) is 16.9. The fourth-order valence-corrected chi connectivity index (χ4v) is 4.52. The second kappa shape index (κ2) is 8.23. The summed E-state index contributed by atoms with van der Waals surface area (Å²) in [5.74, 6) is -1.37. The summed E-state index contributed by atoms with van der Waals surface area (Å²) < 4.78 is 28.7. The fraction of sp³-hybridized carbons (Fsp3) is 0.100. The first-order valence-corrected chi connectivity index (χ1v) is 9.49. The molecule has 2 aliphatic rings. The maximum atomic E-state index is 13.1. The minimum absolute atomic E-state index is 0.139. The second-order valence-electron chi connectivity index (χ2n) is 5.35. The minimum atomic E-state index is -0.687. The smallest absolute Gasteiger partial charge is 0.158 e. The van der Waals surface area contributed by atoms with Gasteiger partial charge in [0.25, 0.3) is 0 Å². The van der Waals surface area contributed by atoms with Gasteiger partial charge in [0.15, 0.2) is 5.82 Å². The Hall–Kier alpha value is -1.97. The van der Waals surface area contributed by atoms with Gasteiger partial charge in [-0.1, -0.05) is 0 Å². The van der Waals surface area contributed by atoms with Crippen LogP contribution >= 0.6 is 0 Å². The molecule has 4 rings (SSSR count). The van der Waals surface area contributed by atoms with Crippen LogP contribution in [0.4, 0.5) is 8.78 Å². The maximum Gasteiger partial charge on any atom is 0.158 e. The van der Waals surface area contributed by atoms with Crippen LogP contribution in [0.2, 0.25) is 8.45 Å². The molecular formula is C20H16F2NTi. The number of allylic oxidation sites excluding steroid dienone is 8. The zero-order valence-electron chi connectivity index (χ0n) is 12.9. The van der Waals surface area contributed by atoms with Gasteiger partial charge in [0.1, 0.15) is 5.82 Å². The van der Waals surface area contributed by atoms with Crippen LogP contribution in [0, 0.1) is 17.7 Å². The number of halogens is 2. The Morgan fingerprint density at radius 3 is 1.88 bits per heavy atom. The zero-order valence-corrected chi connectivity index (χ0v) is 14.5. The molecule has 0 fully saturated rings. The van der Waals surface area contributed by atoms with Crippen LogP contribution in [0.15, 0.2) is 85.3 Å². The van der Waals surface area contributed by atoms with Crippen molar-refractivity contribution in [2.24, 2.45) is 0 Å². The first-order valence-electron chi connectivity index (χ1n) is 7.69. The molecule has 1 radical (unpaired) electrons. The van der Waals surface area contributed by atoms with E-state index in [0.29, 0.717) is 5.69 Å². The van der Waals surface area contributed by atoms with E-state index in [-0.39, 0.29) is 19.2 Å². The third-order valence-electron chi connectivity index (χ3n) is 3.61. The Balaban J connectivity index is 0.000000143. The summed E-state index contributed by atoms with van der Waals surface area (Å²) in [6.07, 6.45) is 21.3. The molecule has 0 unspecified atom stereocenters. The molecule has 0 amide bonds. The molecule has 1 aromatic carbocycles. The van der Waals surface area contributed by atoms with Crippen molar-refractivity contribution in [2.45, 2.75) is 8.45 Å². The van der Waals surface area contributed by atoms with Gasteiger partial charge in [0.2, 0.25) is 0 Å². The largest absolute Gasteiger partial charge is 0.321 e. The molecule has 0 saturated heterocycles. The molecule has 2 aromatic rings. The molecule has 24 heavy (non-hydrogen) atoms. The summed E-state index contributed by atoms with van der Waals surface area (Å²) in [5, 5.41) is 0. The van der Waals surface area contributed by atoms with E-state index in [2.05, 4.69) is 48.6 Å². The van der Waals surface area contributed by atoms with E-state index in [1.54, 1.807) is 29.1 Å². The monoisotopic (exact) mass is 356 g/mol. The number of nitrogens with zero attached hydrogens (tertiary/aromatic N) is 1. The van der Waals surface area contributed by atoms with Gasteiger partial charge in [-0.2, -0.15) is 0 Å². The average molecular weight is 356 g/mol. The van der Waals surface area contributed by atoms with E-state index >= 15 is 0 Å². The topological polar surface area (TPSA) is 4.93 Å². The molecule has 4 heteroatoms. The summed E-state index contributed by atoms with van der Waals surface area (Å²) in [7, 11) is 0. The maximum absolute atomic E-state index is 13.1. The van der Waals surface area contributed by atoms with Crippen LogP contribution < -0.4 is 0 Å². The predicted octanol–water partition coefficient (Wildman–Crippen LogP) is 5.45. The Morgan fingerprint density at radius 2 is 1.38 bits per heavy atom. The Bertz CT molecular complexity index is 738. The van der Waals surface area contributed by atoms with Crippen LogP contribution in [0.1, 0.15) is 0 Å². The Kier molecular flexibility index (Phi) is 5.79. The van der Waals surface area contributed by atoms with Gasteiger partial charge in [-0.3, -0.25) is 0 Å². The zero-order chi connectivity index (χ0) is 16.8. The number of hydrogen-bond acceptors (Lipinski definition) is 0. The number of rotatable bonds is 3. The van der Waals surface area contributed by atoms with Gasteiger partial charge >= 0.3 is 76.2 Å². The number of aromatic nitrogens is 1. The van der Waals surface area contributed by atoms with Crippen LogP contribution in [-0.2, 0) is 19.2 Å². The molecule has 0 bridgehead atoms. The van der Waals surface area contributed by atoms with Crippen molar-refractivity contribution in [3.05, 3.63) is 103 Å². The summed E-state index contributed by atoms with van der Waals surface area (Å²) in [5.41, 5.74) is 0.298. The fourth-order valence-electron chi connectivity index (χ4n) is 2.44. The summed E-state index contributed by atoms with van der Waals surface area (Å²) >= 11 is 0.139. The van der Waals surface area contributed by atoms with Gasteiger partial charge in [-0.15, -0.1) is 0 Å². The van der Waals surface area contributed by atoms with Crippen molar-refractivity contribution in [1.29, 1.82) is 0 Å². The molecule has 0 N–H and O–H groups in total. The summed E-state index contributed by atoms with van der Waals surface area (Å²) in [6, 6.07) is 8.06. The first-order chi connectivity index (χ1) is 11.7. The molecule has 0 saturated carbocycles. The molecular weight excluding hydrogens is 340 g/mol. The molecule has 0 atom stereocenters. The van der Waals surface area contributed by atoms with Gasteiger partial charge in [0, 0.05) is 12.4 Å². The molecule has 1 heterocycles. The minimum Gasteiger partial charge on any atom is -0.321 e. The van der Waals surface area contributed by atoms with E-state index in [1.807, 2.05) is 6.07 Å².